The molecule has 5 nitrogen and oxygen atoms in total. The molecular formula is C22H22N2O3. The van der Waals surface area contributed by atoms with E-state index in [4.69, 9.17) is 4.74 Å². The first kappa shape index (κ1) is 18.5. The molecule has 1 atom stereocenters. The number of hydrogen-bond donors (Lipinski definition) is 2. The first-order valence-corrected chi connectivity index (χ1v) is 8.77. The minimum atomic E-state index is -0.623. The minimum absolute atomic E-state index is 0.228. The summed E-state index contributed by atoms with van der Waals surface area (Å²) in [6.45, 7) is 2.06. The molecule has 27 heavy (non-hydrogen) atoms. The van der Waals surface area contributed by atoms with Gasteiger partial charge in [-0.25, -0.2) is 0 Å². The van der Waals surface area contributed by atoms with Gasteiger partial charge in [-0.15, -0.1) is 0 Å². The summed E-state index contributed by atoms with van der Waals surface area (Å²) in [6.07, 6.45) is 0. The lowest BCUT2D eigenvalue weighted by Gasteiger charge is -2.14. The van der Waals surface area contributed by atoms with Crippen molar-refractivity contribution in [2.45, 2.75) is 19.5 Å². The van der Waals surface area contributed by atoms with Crippen LogP contribution in [0.4, 0.5) is 0 Å². The van der Waals surface area contributed by atoms with Crippen LogP contribution in [0, 0.1) is 0 Å². The number of fused-ring (bicyclic) bond motifs is 1. The molecule has 0 aliphatic heterocycles. The van der Waals surface area contributed by atoms with Crippen molar-refractivity contribution in [1.82, 2.24) is 10.6 Å². The first-order chi connectivity index (χ1) is 13.1. The van der Waals surface area contributed by atoms with Crippen molar-refractivity contribution >= 4 is 22.6 Å². The lowest BCUT2D eigenvalue weighted by Crippen LogP contribution is -2.44. The number of methoxy groups -OCH3 is 1. The van der Waals surface area contributed by atoms with E-state index in [1.165, 1.54) is 0 Å². The third-order valence-corrected chi connectivity index (χ3v) is 4.36. The summed E-state index contributed by atoms with van der Waals surface area (Å²) in [5.74, 6) is 0.318. The number of amides is 2. The zero-order valence-electron chi connectivity index (χ0n) is 15.4. The number of rotatable bonds is 6. The fourth-order valence-electron chi connectivity index (χ4n) is 2.79. The standard InChI is InChI=1S/C22H22N2O3/c1-15(24-22(26)17-6-4-3-5-7-17)21(25)23-14-16-8-9-19-13-20(27-2)11-10-18(19)12-16/h3-13,15H,14H2,1-2H3,(H,23,25)(H,24,26)/t15-/m1/s1. The first-order valence-electron chi connectivity index (χ1n) is 8.77. The second-order valence-corrected chi connectivity index (χ2v) is 6.33. The quantitative estimate of drug-likeness (QED) is 0.707. The molecule has 3 rings (SSSR count). The van der Waals surface area contributed by atoms with Gasteiger partial charge in [0.15, 0.2) is 0 Å². The van der Waals surface area contributed by atoms with Crippen LogP contribution in [0.5, 0.6) is 5.75 Å². The number of benzene rings is 3. The molecule has 0 heterocycles. The van der Waals surface area contributed by atoms with Gasteiger partial charge in [0.2, 0.25) is 5.91 Å². The van der Waals surface area contributed by atoms with E-state index in [2.05, 4.69) is 10.6 Å². The number of hydrogen-bond acceptors (Lipinski definition) is 3. The highest BCUT2D eigenvalue weighted by Gasteiger charge is 2.16. The van der Waals surface area contributed by atoms with Gasteiger partial charge in [0, 0.05) is 12.1 Å². The van der Waals surface area contributed by atoms with E-state index < -0.39 is 6.04 Å². The van der Waals surface area contributed by atoms with Crippen LogP contribution in [-0.2, 0) is 11.3 Å². The molecular weight excluding hydrogens is 340 g/mol. The molecule has 0 fully saturated rings. The van der Waals surface area contributed by atoms with E-state index >= 15 is 0 Å². The minimum Gasteiger partial charge on any atom is -0.497 e. The van der Waals surface area contributed by atoms with Crippen LogP contribution in [0.2, 0.25) is 0 Å². The summed E-state index contributed by atoms with van der Waals surface area (Å²) >= 11 is 0. The van der Waals surface area contributed by atoms with Crippen LogP contribution in [0.3, 0.4) is 0 Å². The van der Waals surface area contributed by atoms with Gasteiger partial charge < -0.3 is 15.4 Å². The lowest BCUT2D eigenvalue weighted by atomic mass is 10.1. The molecule has 2 amide bonds. The molecule has 5 heteroatoms. The molecule has 0 saturated heterocycles. The van der Waals surface area contributed by atoms with Crippen molar-refractivity contribution in [3.63, 3.8) is 0 Å². The monoisotopic (exact) mass is 362 g/mol. The number of nitrogens with one attached hydrogen (secondary N) is 2. The average molecular weight is 362 g/mol. The van der Waals surface area contributed by atoms with E-state index in [1.807, 2.05) is 42.5 Å². The van der Waals surface area contributed by atoms with Crippen LogP contribution >= 0.6 is 0 Å². The summed E-state index contributed by atoms with van der Waals surface area (Å²) < 4.78 is 5.23. The smallest absolute Gasteiger partial charge is 0.251 e. The van der Waals surface area contributed by atoms with Gasteiger partial charge in [-0.3, -0.25) is 9.59 Å². The van der Waals surface area contributed by atoms with Gasteiger partial charge in [0.1, 0.15) is 11.8 Å². The third-order valence-electron chi connectivity index (χ3n) is 4.36. The van der Waals surface area contributed by atoms with Gasteiger partial charge >= 0.3 is 0 Å². The van der Waals surface area contributed by atoms with Crippen molar-refractivity contribution in [2.24, 2.45) is 0 Å². The Bertz CT molecular complexity index is 954. The van der Waals surface area contributed by atoms with Gasteiger partial charge in [-0.05, 0) is 53.6 Å². The van der Waals surface area contributed by atoms with Crippen molar-refractivity contribution < 1.29 is 14.3 Å². The van der Waals surface area contributed by atoms with Crippen LogP contribution < -0.4 is 15.4 Å². The summed E-state index contributed by atoms with van der Waals surface area (Å²) in [6, 6.07) is 20.1. The Morgan fingerprint density at radius 1 is 0.963 bits per heavy atom. The summed E-state index contributed by atoms with van der Waals surface area (Å²) in [7, 11) is 1.64. The maximum absolute atomic E-state index is 12.3. The zero-order valence-corrected chi connectivity index (χ0v) is 15.4. The maximum atomic E-state index is 12.3. The summed E-state index contributed by atoms with van der Waals surface area (Å²) in [4.78, 5) is 24.4. The Kier molecular flexibility index (Phi) is 5.71. The summed E-state index contributed by atoms with van der Waals surface area (Å²) in [5, 5.41) is 7.73. The second kappa shape index (κ2) is 8.36. The molecule has 0 bridgehead atoms. The normalized spacial score (nSPS) is 11.6. The van der Waals surface area contributed by atoms with Gasteiger partial charge in [0.05, 0.1) is 7.11 Å². The molecule has 0 radical (unpaired) electrons. The molecule has 0 aliphatic rings. The number of carbonyl (C=O) groups is 2. The highest BCUT2D eigenvalue weighted by atomic mass is 16.5. The highest BCUT2D eigenvalue weighted by molar-refractivity contribution is 5.97. The lowest BCUT2D eigenvalue weighted by molar-refractivity contribution is -0.122. The third kappa shape index (κ3) is 4.64. The molecule has 0 unspecified atom stereocenters. The van der Waals surface area contributed by atoms with Crippen LogP contribution in [0.25, 0.3) is 10.8 Å². The number of ether oxygens (including phenoxy) is 1. The predicted octanol–water partition coefficient (Wildman–Crippen LogP) is 3.28. The Balaban J connectivity index is 1.58. The van der Waals surface area contributed by atoms with E-state index in [-0.39, 0.29) is 11.8 Å². The Labute approximate surface area is 158 Å². The van der Waals surface area contributed by atoms with Crippen molar-refractivity contribution in [3.8, 4) is 5.75 Å². The molecule has 0 aromatic heterocycles. The largest absolute Gasteiger partial charge is 0.497 e. The predicted molar refractivity (Wildman–Crippen MR) is 106 cm³/mol. The van der Waals surface area contributed by atoms with Crippen molar-refractivity contribution in [3.05, 3.63) is 77.9 Å². The summed E-state index contributed by atoms with van der Waals surface area (Å²) in [5.41, 5.74) is 1.52. The second-order valence-electron chi connectivity index (χ2n) is 6.33. The fourth-order valence-corrected chi connectivity index (χ4v) is 2.79. The van der Waals surface area contributed by atoms with E-state index in [9.17, 15) is 9.59 Å². The van der Waals surface area contributed by atoms with Crippen LogP contribution in [0.1, 0.15) is 22.8 Å². The Morgan fingerprint density at radius 2 is 1.67 bits per heavy atom. The van der Waals surface area contributed by atoms with E-state index in [0.717, 1.165) is 22.1 Å². The molecule has 0 aliphatic carbocycles. The Hall–Kier alpha value is -3.34. The molecule has 3 aromatic carbocycles. The topological polar surface area (TPSA) is 67.4 Å². The van der Waals surface area contributed by atoms with E-state index in [0.29, 0.717) is 12.1 Å². The van der Waals surface area contributed by atoms with Crippen LogP contribution in [0.15, 0.2) is 66.7 Å². The Morgan fingerprint density at radius 3 is 2.41 bits per heavy atom. The van der Waals surface area contributed by atoms with E-state index in [1.54, 1.807) is 38.3 Å². The van der Waals surface area contributed by atoms with Gasteiger partial charge in [0.25, 0.3) is 5.91 Å². The number of carbonyl (C=O) groups excluding carboxylic acids is 2. The SMILES string of the molecule is COc1ccc2cc(CNC(=O)[C@@H](C)NC(=O)c3ccccc3)ccc2c1. The average Bonchev–Trinajstić information content (AvgIpc) is 2.71. The van der Waals surface area contributed by atoms with Gasteiger partial charge in [-0.1, -0.05) is 36.4 Å². The zero-order chi connectivity index (χ0) is 19.2. The maximum Gasteiger partial charge on any atom is 0.251 e. The molecule has 3 aromatic rings. The van der Waals surface area contributed by atoms with Crippen LogP contribution in [-0.4, -0.2) is 25.0 Å². The molecule has 0 spiro atoms. The van der Waals surface area contributed by atoms with Crippen molar-refractivity contribution in [2.75, 3.05) is 7.11 Å². The molecule has 138 valence electrons. The highest BCUT2D eigenvalue weighted by Crippen LogP contribution is 2.21. The fraction of sp³-hybridized carbons (Fsp3) is 0.182. The molecule has 2 N–H and O–H groups in total. The van der Waals surface area contributed by atoms with Gasteiger partial charge in [-0.2, -0.15) is 0 Å². The molecule has 0 saturated carbocycles. The van der Waals surface area contributed by atoms with Crippen molar-refractivity contribution in [1.29, 1.82) is 0 Å².